The number of thiophene rings is 1. The summed E-state index contributed by atoms with van der Waals surface area (Å²) in [5, 5.41) is 21.4. The van der Waals surface area contributed by atoms with Crippen molar-refractivity contribution < 1.29 is 23.0 Å². The molecule has 4 nitrogen and oxygen atoms in total. The molecule has 1 atom stereocenters. The van der Waals surface area contributed by atoms with E-state index in [2.05, 4.69) is 25.8 Å². The van der Waals surface area contributed by atoms with Crippen LogP contribution in [0, 0.1) is 11.3 Å². The predicted octanol–water partition coefficient (Wildman–Crippen LogP) is 6.53. The van der Waals surface area contributed by atoms with Gasteiger partial charge in [0.15, 0.2) is 0 Å². The van der Waals surface area contributed by atoms with E-state index in [1.807, 2.05) is 24.3 Å². The molecule has 0 bridgehead atoms. The van der Waals surface area contributed by atoms with Crippen LogP contribution < -0.4 is 4.74 Å². The van der Waals surface area contributed by atoms with Gasteiger partial charge >= 0.3 is 6.18 Å². The van der Waals surface area contributed by atoms with Crippen LogP contribution in [0.1, 0.15) is 37.5 Å². The predicted molar refractivity (Wildman–Crippen MR) is 125 cm³/mol. The highest BCUT2D eigenvalue weighted by atomic mass is 32.2. The Kier molecular flexibility index (Phi) is 7.73. The highest BCUT2D eigenvalue weighted by molar-refractivity contribution is 7.99. The van der Waals surface area contributed by atoms with E-state index >= 15 is 0 Å². The van der Waals surface area contributed by atoms with Gasteiger partial charge in [-0.2, -0.15) is 18.4 Å². The fourth-order valence-electron chi connectivity index (χ4n) is 2.98. The van der Waals surface area contributed by atoms with Crippen LogP contribution in [-0.4, -0.2) is 28.6 Å². The molecule has 174 valence electrons. The Morgan fingerprint density at radius 3 is 2.42 bits per heavy atom. The molecule has 0 spiro atoms. The number of hydrogen-bond donors (Lipinski definition) is 1. The molecule has 2 heterocycles. The standard InChI is InChI=1S/C24H23F3N2O2S2/c1-23(2,3)15-6-8-17(9-7-15)31-13-16(30)14-33-22-18(12-28)19(24(25,26)27)11-20(29-22)21-5-4-10-32-21/h4-11,16,30H,13-14H2,1-3H3/t16-/m0/s1. The first-order chi connectivity index (χ1) is 15.5. The summed E-state index contributed by atoms with van der Waals surface area (Å²) in [5.41, 5.74) is -0.280. The van der Waals surface area contributed by atoms with E-state index in [9.17, 15) is 23.5 Å². The van der Waals surface area contributed by atoms with Gasteiger partial charge in [0, 0.05) is 5.75 Å². The third-order valence-electron chi connectivity index (χ3n) is 4.75. The lowest BCUT2D eigenvalue weighted by Gasteiger charge is -2.19. The van der Waals surface area contributed by atoms with E-state index < -0.39 is 23.4 Å². The number of hydrogen-bond acceptors (Lipinski definition) is 6. The Balaban J connectivity index is 1.72. The number of thioether (sulfide) groups is 1. The fourth-order valence-corrected chi connectivity index (χ4v) is 4.57. The van der Waals surface area contributed by atoms with E-state index in [4.69, 9.17) is 4.74 Å². The van der Waals surface area contributed by atoms with E-state index in [1.165, 1.54) is 11.3 Å². The topological polar surface area (TPSA) is 66.1 Å². The van der Waals surface area contributed by atoms with Crippen molar-refractivity contribution in [1.82, 2.24) is 4.98 Å². The lowest BCUT2D eigenvalue weighted by atomic mass is 9.87. The number of halogens is 3. The molecule has 33 heavy (non-hydrogen) atoms. The van der Waals surface area contributed by atoms with Gasteiger partial charge in [-0.05, 0) is 40.6 Å². The van der Waals surface area contributed by atoms with Crippen LogP contribution >= 0.6 is 23.1 Å². The first-order valence-electron chi connectivity index (χ1n) is 10.1. The minimum Gasteiger partial charge on any atom is -0.491 e. The van der Waals surface area contributed by atoms with Gasteiger partial charge in [-0.15, -0.1) is 23.1 Å². The van der Waals surface area contributed by atoms with E-state index in [0.717, 1.165) is 23.4 Å². The van der Waals surface area contributed by atoms with Crippen LogP contribution in [0.4, 0.5) is 13.2 Å². The Morgan fingerprint density at radius 1 is 1.18 bits per heavy atom. The summed E-state index contributed by atoms with van der Waals surface area (Å²) in [6, 6.07) is 13.4. The zero-order valence-corrected chi connectivity index (χ0v) is 19.9. The second-order valence-corrected chi connectivity index (χ2v) is 10.3. The summed E-state index contributed by atoms with van der Waals surface area (Å²) < 4.78 is 46.4. The van der Waals surface area contributed by atoms with Crippen molar-refractivity contribution in [2.75, 3.05) is 12.4 Å². The van der Waals surface area contributed by atoms with Gasteiger partial charge in [0.25, 0.3) is 0 Å². The van der Waals surface area contributed by atoms with Gasteiger partial charge in [0.05, 0.1) is 27.8 Å². The Morgan fingerprint density at radius 2 is 1.88 bits per heavy atom. The molecule has 0 fully saturated rings. The van der Waals surface area contributed by atoms with Crippen molar-refractivity contribution in [3.63, 3.8) is 0 Å². The van der Waals surface area contributed by atoms with Gasteiger partial charge in [0.1, 0.15) is 23.5 Å². The number of rotatable bonds is 7. The number of nitriles is 1. The van der Waals surface area contributed by atoms with E-state index in [-0.39, 0.29) is 28.5 Å². The quantitative estimate of drug-likeness (QED) is 0.380. The molecule has 0 amide bonds. The average Bonchev–Trinajstić information content (AvgIpc) is 3.29. The molecular formula is C24H23F3N2O2S2. The molecule has 9 heteroatoms. The molecule has 0 aliphatic carbocycles. The molecule has 0 saturated carbocycles. The average molecular weight is 493 g/mol. The Bertz CT molecular complexity index is 1120. The first kappa shape index (κ1) is 25.1. The number of pyridine rings is 1. The largest absolute Gasteiger partial charge is 0.491 e. The Hall–Kier alpha value is -2.54. The minimum atomic E-state index is -4.70. The molecule has 1 aromatic carbocycles. The molecular weight excluding hydrogens is 469 g/mol. The number of aliphatic hydroxyl groups is 1. The van der Waals surface area contributed by atoms with Crippen LogP contribution in [0.5, 0.6) is 5.75 Å². The molecule has 0 aliphatic heterocycles. The summed E-state index contributed by atoms with van der Waals surface area (Å²) in [7, 11) is 0. The molecule has 0 aliphatic rings. The molecule has 0 unspecified atom stereocenters. The lowest BCUT2D eigenvalue weighted by molar-refractivity contribution is -0.138. The second-order valence-electron chi connectivity index (χ2n) is 8.37. The van der Waals surface area contributed by atoms with Gasteiger partial charge in [0.2, 0.25) is 0 Å². The first-order valence-corrected chi connectivity index (χ1v) is 12.0. The van der Waals surface area contributed by atoms with Crippen molar-refractivity contribution in [2.45, 2.75) is 43.5 Å². The van der Waals surface area contributed by atoms with Gasteiger partial charge in [-0.25, -0.2) is 4.98 Å². The maximum absolute atomic E-state index is 13.6. The van der Waals surface area contributed by atoms with Crippen molar-refractivity contribution >= 4 is 23.1 Å². The minimum absolute atomic E-state index is 0.00699. The second kappa shape index (κ2) is 10.2. The summed E-state index contributed by atoms with van der Waals surface area (Å²) in [6.45, 7) is 6.27. The monoisotopic (exact) mass is 492 g/mol. The number of nitrogens with zero attached hydrogens (tertiary/aromatic N) is 2. The van der Waals surface area contributed by atoms with Crippen molar-refractivity contribution in [2.24, 2.45) is 0 Å². The smallest absolute Gasteiger partial charge is 0.417 e. The summed E-state index contributed by atoms with van der Waals surface area (Å²) >= 11 is 2.16. The number of benzene rings is 1. The zero-order valence-electron chi connectivity index (χ0n) is 18.3. The fraction of sp³-hybridized carbons (Fsp3) is 0.333. The summed E-state index contributed by atoms with van der Waals surface area (Å²) in [5.74, 6) is 0.606. The highest BCUT2D eigenvalue weighted by Gasteiger charge is 2.36. The number of aliphatic hydroxyl groups excluding tert-OH is 1. The molecule has 0 radical (unpaired) electrons. The molecule has 3 aromatic rings. The normalized spacial score (nSPS) is 12.9. The molecule has 0 saturated heterocycles. The van der Waals surface area contributed by atoms with Crippen LogP contribution in [-0.2, 0) is 11.6 Å². The van der Waals surface area contributed by atoms with Crippen LogP contribution in [0.15, 0.2) is 52.9 Å². The SMILES string of the molecule is CC(C)(C)c1ccc(OC[C@H](O)CSc2nc(-c3cccs3)cc(C(F)(F)F)c2C#N)cc1. The third-order valence-corrected chi connectivity index (χ3v) is 6.76. The van der Waals surface area contributed by atoms with Crippen molar-refractivity contribution in [3.8, 4) is 22.4 Å². The third kappa shape index (κ3) is 6.50. The van der Waals surface area contributed by atoms with Crippen LogP contribution in [0.2, 0.25) is 0 Å². The molecule has 3 rings (SSSR count). The maximum Gasteiger partial charge on any atom is 0.417 e. The van der Waals surface area contributed by atoms with Crippen LogP contribution in [0.25, 0.3) is 10.6 Å². The number of aromatic nitrogens is 1. The highest BCUT2D eigenvalue weighted by Crippen LogP contribution is 2.38. The molecule has 1 N–H and O–H groups in total. The number of alkyl halides is 3. The summed E-state index contributed by atoms with van der Waals surface area (Å²) in [4.78, 5) is 4.85. The van der Waals surface area contributed by atoms with Crippen LogP contribution in [0.3, 0.4) is 0 Å². The lowest BCUT2D eigenvalue weighted by Crippen LogP contribution is -2.20. The number of ether oxygens (including phenoxy) is 1. The van der Waals surface area contributed by atoms with E-state index in [0.29, 0.717) is 10.6 Å². The Labute approximate surface area is 199 Å². The van der Waals surface area contributed by atoms with E-state index in [1.54, 1.807) is 23.6 Å². The van der Waals surface area contributed by atoms with Gasteiger partial charge < -0.3 is 9.84 Å². The van der Waals surface area contributed by atoms with Gasteiger partial charge in [-0.1, -0.05) is 39.0 Å². The van der Waals surface area contributed by atoms with Crippen molar-refractivity contribution in [3.05, 3.63) is 64.5 Å². The van der Waals surface area contributed by atoms with Gasteiger partial charge in [-0.3, -0.25) is 0 Å². The van der Waals surface area contributed by atoms with Crippen molar-refractivity contribution in [1.29, 1.82) is 5.26 Å². The maximum atomic E-state index is 13.6. The molecule has 2 aromatic heterocycles. The zero-order chi connectivity index (χ0) is 24.2. The summed E-state index contributed by atoms with van der Waals surface area (Å²) in [6.07, 6.45) is -5.67.